The van der Waals surface area contributed by atoms with Crippen molar-refractivity contribution >= 4 is 17.5 Å². The van der Waals surface area contributed by atoms with E-state index < -0.39 is 0 Å². The zero-order valence-corrected chi connectivity index (χ0v) is 18.2. The molecule has 1 saturated carbocycles. The van der Waals surface area contributed by atoms with Gasteiger partial charge in [0.25, 0.3) is 0 Å². The van der Waals surface area contributed by atoms with Crippen molar-refractivity contribution < 1.29 is 19.1 Å². The Hall–Kier alpha value is -3.02. The predicted octanol–water partition coefficient (Wildman–Crippen LogP) is 3.72. The summed E-state index contributed by atoms with van der Waals surface area (Å²) in [5, 5.41) is 3.05. The van der Waals surface area contributed by atoms with Crippen LogP contribution in [-0.2, 0) is 22.6 Å². The molecule has 164 valence electrons. The number of hydrogen-bond donors (Lipinski definition) is 1. The van der Waals surface area contributed by atoms with Gasteiger partial charge >= 0.3 is 0 Å². The smallest absolute Gasteiger partial charge is 0.230 e. The van der Waals surface area contributed by atoms with Gasteiger partial charge in [0.2, 0.25) is 11.8 Å². The second-order valence-electron chi connectivity index (χ2n) is 8.27. The van der Waals surface area contributed by atoms with Crippen molar-refractivity contribution in [1.29, 1.82) is 0 Å². The number of hydrogen-bond acceptors (Lipinski definition) is 4. The van der Waals surface area contributed by atoms with E-state index in [0.717, 1.165) is 43.4 Å². The van der Waals surface area contributed by atoms with Gasteiger partial charge in [-0.05, 0) is 48.6 Å². The molecule has 2 amide bonds. The van der Waals surface area contributed by atoms with Crippen molar-refractivity contribution in [3.05, 3.63) is 53.6 Å². The number of fused-ring (bicyclic) bond motifs is 1. The number of benzene rings is 2. The summed E-state index contributed by atoms with van der Waals surface area (Å²) in [6, 6.07) is 13.7. The molecular formula is C25H30N2O4. The first-order valence-electron chi connectivity index (χ1n) is 11.0. The van der Waals surface area contributed by atoms with Gasteiger partial charge in [0.05, 0.1) is 20.1 Å². The fraction of sp³-hybridized carbons (Fsp3) is 0.440. The first kappa shape index (κ1) is 21.2. The van der Waals surface area contributed by atoms with Crippen LogP contribution in [0, 0.1) is 11.8 Å². The number of nitrogens with zero attached hydrogens (tertiary/aromatic N) is 1. The first-order valence-corrected chi connectivity index (χ1v) is 11.0. The van der Waals surface area contributed by atoms with Gasteiger partial charge in [-0.25, -0.2) is 0 Å². The molecule has 1 N–H and O–H groups in total. The fourth-order valence-corrected chi connectivity index (χ4v) is 4.82. The van der Waals surface area contributed by atoms with Crippen LogP contribution in [0.3, 0.4) is 0 Å². The molecular weight excluding hydrogens is 392 g/mol. The second-order valence-corrected chi connectivity index (χ2v) is 8.27. The molecule has 2 atom stereocenters. The summed E-state index contributed by atoms with van der Waals surface area (Å²) in [7, 11) is 3.19. The van der Waals surface area contributed by atoms with Crippen LogP contribution < -0.4 is 19.7 Å². The van der Waals surface area contributed by atoms with Crippen molar-refractivity contribution in [3.8, 4) is 11.5 Å². The molecule has 0 unspecified atom stereocenters. The molecule has 0 radical (unpaired) electrons. The minimum Gasteiger partial charge on any atom is -0.493 e. The summed E-state index contributed by atoms with van der Waals surface area (Å²) >= 11 is 0. The third-order valence-corrected chi connectivity index (χ3v) is 6.49. The number of nitrogens with one attached hydrogen (secondary N) is 1. The summed E-state index contributed by atoms with van der Waals surface area (Å²) in [5.41, 5.74) is 3.14. The van der Waals surface area contributed by atoms with Crippen LogP contribution in [0.2, 0.25) is 0 Å². The molecule has 2 aliphatic rings. The summed E-state index contributed by atoms with van der Waals surface area (Å²) in [4.78, 5) is 28.4. The maximum atomic E-state index is 13.4. The molecule has 1 heterocycles. The molecule has 2 aromatic rings. The quantitative estimate of drug-likeness (QED) is 0.771. The number of ether oxygens (including phenoxy) is 2. The SMILES string of the molecule is COc1ccc(CNC(=O)[C@H]2CCCC[C@@H]2C(=O)N2CCc3ccccc32)cc1OC. The summed E-state index contributed by atoms with van der Waals surface area (Å²) in [6.07, 6.45) is 4.38. The fourth-order valence-electron chi connectivity index (χ4n) is 4.82. The lowest BCUT2D eigenvalue weighted by molar-refractivity contribution is -0.135. The maximum absolute atomic E-state index is 13.4. The standard InChI is InChI=1S/C25H30N2O4/c1-30-22-12-11-17(15-23(22)31-2)16-26-24(28)19-8-4-5-9-20(19)25(29)27-14-13-18-7-3-6-10-21(18)27/h3,6-7,10-12,15,19-20H,4-5,8-9,13-14,16H2,1-2H3,(H,26,28)/t19-,20-/m0/s1. The first-order chi connectivity index (χ1) is 15.1. The lowest BCUT2D eigenvalue weighted by Crippen LogP contribution is -2.45. The molecule has 1 aliphatic carbocycles. The van der Waals surface area contributed by atoms with Crippen LogP contribution >= 0.6 is 0 Å². The van der Waals surface area contributed by atoms with Gasteiger partial charge in [0.1, 0.15) is 0 Å². The highest BCUT2D eigenvalue weighted by molar-refractivity contribution is 5.99. The predicted molar refractivity (Wildman–Crippen MR) is 119 cm³/mol. The van der Waals surface area contributed by atoms with Crippen molar-refractivity contribution in [2.45, 2.75) is 38.6 Å². The van der Waals surface area contributed by atoms with Crippen molar-refractivity contribution in [3.63, 3.8) is 0 Å². The Morgan fingerprint density at radius 3 is 2.52 bits per heavy atom. The van der Waals surface area contributed by atoms with Crippen LogP contribution in [-0.4, -0.2) is 32.6 Å². The van der Waals surface area contributed by atoms with Crippen LogP contribution in [0.5, 0.6) is 11.5 Å². The zero-order valence-electron chi connectivity index (χ0n) is 18.2. The Labute approximate surface area is 183 Å². The van der Waals surface area contributed by atoms with Crippen molar-refractivity contribution in [2.75, 3.05) is 25.7 Å². The molecule has 31 heavy (non-hydrogen) atoms. The largest absolute Gasteiger partial charge is 0.493 e. The van der Waals surface area contributed by atoms with E-state index in [-0.39, 0.29) is 23.7 Å². The van der Waals surface area contributed by atoms with Crippen molar-refractivity contribution in [1.82, 2.24) is 5.32 Å². The highest BCUT2D eigenvalue weighted by atomic mass is 16.5. The monoisotopic (exact) mass is 422 g/mol. The van der Waals surface area contributed by atoms with E-state index >= 15 is 0 Å². The van der Waals surface area contributed by atoms with Gasteiger partial charge < -0.3 is 19.7 Å². The molecule has 1 aliphatic heterocycles. The van der Waals surface area contributed by atoms with Crippen molar-refractivity contribution in [2.24, 2.45) is 11.8 Å². The number of para-hydroxylation sites is 1. The van der Waals surface area contributed by atoms with Gasteiger partial charge in [-0.2, -0.15) is 0 Å². The van der Waals surface area contributed by atoms with E-state index in [1.165, 1.54) is 5.56 Å². The normalized spacial score (nSPS) is 20.1. The second kappa shape index (κ2) is 9.41. The average molecular weight is 423 g/mol. The number of anilines is 1. The lowest BCUT2D eigenvalue weighted by Gasteiger charge is -2.32. The minimum absolute atomic E-state index is 0.0414. The molecule has 0 aromatic heterocycles. The Kier molecular flexibility index (Phi) is 6.44. The molecule has 0 saturated heterocycles. The van der Waals surface area contributed by atoms with Gasteiger partial charge in [-0.15, -0.1) is 0 Å². The third-order valence-electron chi connectivity index (χ3n) is 6.49. The van der Waals surface area contributed by atoms with E-state index in [0.29, 0.717) is 24.6 Å². The number of rotatable bonds is 6. The Morgan fingerprint density at radius 2 is 1.74 bits per heavy atom. The Morgan fingerprint density at radius 1 is 1.00 bits per heavy atom. The van der Waals surface area contributed by atoms with Crippen LogP contribution in [0.15, 0.2) is 42.5 Å². The summed E-state index contributed by atoms with van der Waals surface area (Å²) < 4.78 is 10.6. The molecule has 2 aromatic carbocycles. The number of carbonyl (C=O) groups is 2. The van der Waals surface area contributed by atoms with Gasteiger partial charge in [0.15, 0.2) is 11.5 Å². The maximum Gasteiger partial charge on any atom is 0.230 e. The van der Waals surface area contributed by atoms with E-state index in [9.17, 15) is 9.59 Å². The third kappa shape index (κ3) is 4.38. The number of amides is 2. The van der Waals surface area contributed by atoms with E-state index in [1.807, 2.05) is 41.3 Å². The molecule has 0 spiro atoms. The van der Waals surface area contributed by atoms with E-state index in [2.05, 4.69) is 11.4 Å². The molecule has 6 nitrogen and oxygen atoms in total. The molecule has 4 rings (SSSR count). The van der Waals surface area contributed by atoms with Gasteiger partial charge in [-0.3, -0.25) is 9.59 Å². The number of carbonyl (C=O) groups excluding carboxylic acids is 2. The highest BCUT2D eigenvalue weighted by Gasteiger charge is 2.39. The number of methoxy groups -OCH3 is 2. The van der Waals surface area contributed by atoms with Gasteiger partial charge in [0, 0.05) is 24.7 Å². The van der Waals surface area contributed by atoms with Crippen LogP contribution in [0.25, 0.3) is 0 Å². The molecule has 1 fully saturated rings. The van der Waals surface area contributed by atoms with Gasteiger partial charge in [-0.1, -0.05) is 37.1 Å². The average Bonchev–Trinajstić information content (AvgIpc) is 3.26. The summed E-state index contributed by atoms with van der Waals surface area (Å²) in [5.74, 6) is 0.796. The van der Waals surface area contributed by atoms with Crippen LogP contribution in [0.4, 0.5) is 5.69 Å². The van der Waals surface area contributed by atoms with E-state index in [1.54, 1.807) is 14.2 Å². The minimum atomic E-state index is -0.283. The molecule has 0 bridgehead atoms. The Balaban J connectivity index is 1.44. The zero-order chi connectivity index (χ0) is 21.8. The van der Waals surface area contributed by atoms with E-state index in [4.69, 9.17) is 9.47 Å². The Bertz CT molecular complexity index is 958. The topological polar surface area (TPSA) is 67.9 Å². The lowest BCUT2D eigenvalue weighted by atomic mass is 9.77. The molecule has 6 heteroatoms. The highest BCUT2D eigenvalue weighted by Crippen LogP contribution is 2.36. The summed E-state index contributed by atoms with van der Waals surface area (Å²) in [6.45, 7) is 1.10. The van der Waals surface area contributed by atoms with Crippen LogP contribution in [0.1, 0.15) is 36.8 Å².